The molecule has 1 aliphatic rings. The normalized spacial score (nSPS) is 12.8. The summed E-state index contributed by atoms with van der Waals surface area (Å²) < 4.78 is 7.50. The van der Waals surface area contributed by atoms with Crippen LogP contribution in [-0.4, -0.2) is 33.0 Å². The highest BCUT2D eigenvalue weighted by atomic mass is 16.5. The zero-order valence-corrected chi connectivity index (χ0v) is 16.5. The Kier molecular flexibility index (Phi) is 4.80. The number of para-hydroxylation sites is 2. The van der Waals surface area contributed by atoms with E-state index in [1.807, 2.05) is 41.0 Å². The fourth-order valence-electron chi connectivity index (χ4n) is 3.54. The number of pyridine rings is 1. The molecule has 0 radical (unpaired) electrons. The third kappa shape index (κ3) is 3.95. The van der Waals surface area contributed by atoms with E-state index >= 15 is 0 Å². The fraction of sp³-hybridized carbons (Fsp3) is 0.130. The van der Waals surface area contributed by atoms with Crippen LogP contribution in [0.15, 0.2) is 67.1 Å². The number of carbonyl (C=O) groups excluding carboxylic acids is 2. The molecule has 0 spiro atoms. The van der Waals surface area contributed by atoms with Crippen LogP contribution in [0.1, 0.15) is 12.0 Å². The Morgan fingerprint density at radius 1 is 1.10 bits per heavy atom. The zero-order valence-electron chi connectivity index (χ0n) is 16.5. The summed E-state index contributed by atoms with van der Waals surface area (Å²) in [6.45, 7) is -0.126. The molecule has 2 N–H and O–H groups in total. The summed E-state index contributed by atoms with van der Waals surface area (Å²) in [6.07, 6.45) is 4.44. The van der Waals surface area contributed by atoms with E-state index in [4.69, 9.17) is 4.74 Å². The number of nitrogens with one attached hydrogen (secondary N) is 2. The lowest BCUT2D eigenvalue weighted by Gasteiger charge is -2.17. The van der Waals surface area contributed by atoms with E-state index in [2.05, 4.69) is 20.6 Å². The standard InChI is InChI=1S/C23H19N5O3/c29-22-10-5-15-11-17(7-8-18(15)27-22)31-13-23(30)26-16-6-9-21(24-12-16)28-14-25-19-3-1-2-4-20(19)28/h1-4,6-9,11-12,14H,5,10,13H2,(H,26,30)(H,27,29). The number of anilines is 2. The second-order valence-corrected chi connectivity index (χ2v) is 7.21. The lowest BCUT2D eigenvalue weighted by Crippen LogP contribution is -2.21. The quantitative estimate of drug-likeness (QED) is 0.523. The van der Waals surface area contributed by atoms with Crippen LogP contribution in [0.5, 0.6) is 5.75 Å². The largest absolute Gasteiger partial charge is 0.484 e. The van der Waals surface area contributed by atoms with E-state index < -0.39 is 0 Å². The number of fused-ring (bicyclic) bond motifs is 2. The highest BCUT2D eigenvalue weighted by Gasteiger charge is 2.15. The number of imidazole rings is 1. The zero-order chi connectivity index (χ0) is 21.2. The van der Waals surface area contributed by atoms with Crippen LogP contribution in [0.25, 0.3) is 16.9 Å². The minimum Gasteiger partial charge on any atom is -0.484 e. The molecular formula is C23H19N5O3. The Labute approximate surface area is 177 Å². The van der Waals surface area contributed by atoms with Gasteiger partial charge >= 0.3 is 0 Å². The number of carbonyl (C=O) groups is 2. The Balaban J connectivity index is 1.21. The lowest BCUT2D eigenvalue weighted by atomic mass is 10.0. The van der Waals surface area contributed by atoms with Gasteiger partial charge in [0.25, 0.3) is 5.91 Å². The first-order chi connectivity index (χ1) is 15.2. The predicted octanol–water partition coefficient (Wildman–Crippen LogP) is 3.32. The number of nitrogens with zero attached hydrogens (tertiary/aromatic N) is 3. The summed E-state index contributed by atoms with van der Waals surface area (Å²) in [5.74, 6) is 1.03. The highest BCUT2D eigenvalue weighted by Crippen LogP contribution is 2.26. The van der Waals surface area contributed by atoms with Gasteiger partial charge in [-0.1, -0.05) is 12.1 Å². The van der Waals surface area contributed by atoms with Gasteiger partial charge in [-0.25, -0.2) is 9.97 Å². The molecule has 1 aliphatic heterocycles. The average molecular weight is 413 g/mol. The monoisotopic (exact) mass is 413 g/mol. The molecule has 0 aliphatic carbocycles. The van der Waals surface area contributed by atoms with Crippen LogP contribution in [-0.2, 0) is 16.0 Å². The number of benzene rings is 2. The molecule has 8 nitrogen and oxygen atoms in total. The minimum atomic E-state index is -0.284. The Bertz CT molecular complexity index is 1280. The van der Waals surface area contributed by atoms with Crippen LogP contribution >= 0.6 is 0 Å². The summed E-state index contributed by atoms with van der Waals surface area (Å²) in [4.78, 5) is 32.5. The summed E-state index contributed by atoms with van der Waals surface area (Å²) in [7, 11) is 0. The molecule has 0 atom stereocenters. The summed E-state index contributed by atoms with van der Waals surface area (Å²) >= 11 is 0. The van der Waals surface area contributed by atoms with Crippen LogP contribution in [0, 0.1) is 0 Å². The fourth-order valence-corrected chi connectivity index (χ4v) is 3.54. The van der Waals surface area contributed by atoms with Crippen molar-refractivity contribution >= 4 is 34.2 Å². The van der Waals surface area contributed by atoms with E-state index in [9.17, 15) is 9.59 Å². The van der Waals surface area contributed by atoms with Gasteiger partial charge < -0.3 is 15.4 Å². The van der Waals surface area contributed by atoms with Crippen LogP contribution < -0.4 is 15.4 Å². The minimum absolute atomic E-state index is 0.0152. The van der Waals surface area contributed by atoms with Gasteiger partial charge in [0, 0.05) is 12.1 Å². The third-order valence-electron chi connectivity index (χ3n) is 5.07. The third-order valence-corrected chi connectivity index (χ3v) is 5.07. The molecule has 0 bridgehead atoms. The van der Waals surface area contributed by atoms with Crippen molar-refractivity contribution in [2.45, 2.75) is 12.8 Å². The Hall–Kier alpha value is -4.20. The van der Waals surface area contributed by atoms with Crippen molar-refractivity contribution in [1.82, 2.24) is 14.5 Å². The van der Waals surface area contributed by atoms with Crippen molar-refractivity contribution in [2.75, 3.05) is 17.2 Å². The number of rotatable bonds is 5. The van der Waals surface area contributed by atoms with Gasteiger partial charge in [-0.15, -0.1) is 0 Å². The van der Waals surface area contributed by atoms with Crippen LogP contribution in [0.4, 0.5) is 11.4 Å². The summed E-state index contributed by atoms with van der Waals surface area (Å²) in [5.41, 5.74) is 4.23. The Morgan fingerprint density at radius 3 is 2.87 bits per heavy atom. The second-order valence-electron chi connectivity index (χ2n) is 7.21. The van der Waals surface area contributed by atoms with Gasteiger partial charge in [-0.05, 0) is 54.4 Å². The second kappa shape index (κ2) is 7.91. The summed E-state index contributed by atoms with van der Waals surface area (Å²) in [5, 5.41) is 5.60. The van der Waals surface area contributed by atoms with E-state index in [0.717, 1.165) is 22.3 Å². The van der Waals surface area contributed by atoms with Gasteiger partial charge in [0.05, 0.1) is 22.9 Å². The molecule has 2 aromatic carbocycles. The SMILES string of the molecule is O=C(COc1ccc2c(c1)CCC(=O)N2)Nc1ccc(-n2cnc3ccccc32)nc1. The maximum Gasteiger partial charge on any atom is 0.262 e. The van der Waals surface area contributed by atoms with Crippen molar-refractivity contribution < 1.29 is 14.3 Å². The molecule has 0 fully saturated rings. The topological polar surface area (TPSA) is 98.1 Å². The van der Waals surface area contributed by atoms with Gasteiger partial charge in [0.15, 0.2) is 6.61 Å². The average Bonchev–Trinajstić information content (AvgIpc) is 3.22. The number of aryl methyl sites for hydroxylation is 1. The number of ether oxygens (including phenoxy) is 1. The highest BCUT2D eigenvalue weighted by molar-refractivity contribution is 5.94. The molecule has 0 saturated heterocycles. The number of aromatic nitrogens is 3. The smallest absolute Gasteiger partial charge is 0.262 e. The van der Waals surface area contributed by atoms with E-state index in [1.54, 1.807) is 30.7 Å². The van der Waals surface area contributed by atoms with Gasteiger partial charge in [0.1, 0.15) is 17.9 Å². The molecule has 4 aromatic rings. The van der Waals surface area contributed by atoms with Crippen molar-refractivity contribution in [3.05, 3.63) is 72.7 Å². The maximum atomic E-state index is 12.3. The first-order valence-electron chi connectivity index (χ1n) is 9.90. The molecule has 154 valence electrons. The first kappa shape index (κ1) is 18.8. The molecule has 31 heavy (non-hydrogen) atoms. The van der Waals surface area contributed by atoms with Gasteiger partial charge in [-0.3, -0.25) is 14.2 Å². The molecular weight excluding hydrogens is 394 g/mol. The number of hydrogen-bond donors (Lipinski definition) is 2. The number of amides is 2. The lowest BCUT2D eigenvalue weighted by molar-refractivity contribution is -0.118. The van der Waals surface area contributed by atoms with Crippen molar-refractivity contribution in [3.63, 3.8) is 0 Å². The van der Waals surface area contributed by atoms with Gasteiger partial charge in [-0.2, -0.15) is 0 Å². The molecule has 0 unspecified atom stereocenters. The first-order valence-corrected chi connectivity index (χ1v) is 9.90. The number of hydrogen-bond acceptors (Lipinski definition) is 5. The molecule has 2 amide bonds. The molecule has 3 heterocycles. The molecule has 2 aromatic heterocycles. The van der Waals surface area contributed by atoms with Crippen LogP contribution in [0.2, 0.25) is 0 Å². The van der Waals surface area contributed by atoms with Crippen LogP contribution in [0.3, 0.4) is 0 Å². The van der Waals surface area contributed by atoms with E-state index in [1.165, 1.54) is 0 Å². The van der Waals surface area contributed by atoms with E-state index in [0.29, 0.717) is 30.1 Å². The van der Waals surface area contributed by atoms with Gasteiger partial charge in [0.2, 0.25) is 5.91 Å². The van der Waals surface area contributed by atoms with Crippen molar-refractivity contribution in [3.8, 4) is 11.6 Å². The molecule has 5 rings (SSSR count). The predicted molar refractivity (Wildman–Crippen MR) is 116 cm³/mol. The Morgan fingerprint density at radius 2 is 2.00 bits per heavy atom. The van der Waals surface area contributed by atoms with Crippen molar-refractivity contribution in [2.24, 2.45) is 0 Å². The van der Waals surface area contributed by atoms with Crippen molar-refractivity contribution in [1.29, 1.82) is 0 Å². The van der Waals surface area contributed by atoms with E-state index in [-0.39, 0.29) is 18.4 Å². The summed E-state index contributed by atoms with van der Waals surface area (Å²) in [6, 6.07) is 16.8. The molecule has 8 heteroatoms. The maximum absolute atomic E-state index is 12.3. The molecule has 0 saturated carbocycles.